The maximum absolute atomic E-state index is 13.7. The Balaban J connectivity index is 2.27. The molecule has 1 heterocycles. The second-order valence-corrected chi connectivity index (χ2v) is 4.49. The summed E-state index contributed by atoms with van der Waals surface area (Å²) in [5.74, 6) is -2.92. The van der Waals surface area contributed by atoms with Gasteiger partial charge in [0.2, 0.25) is 0 Å². The first-order valence-corrected chi connectivity index (χ1v) is 5.91. The summed E-state index contributed by atoms with van der Waals surface area (Å²) >= 11 is 0. The van der Waals surface area contributed by atoms with Gasteiger partial charge in [0.25, 0.3) is 0 Å². The van der Waals surface area contributed by atoms with E-state index >= 15 is 0 Å². The van der Waals surface area contributed by atoms with Gasteiger partial charge in [0.05, 0.1) is 18.8 Å². The highest BCUT2D eigenvalue weighted by Crippen LogP contribution is 2.31. The van der Waals surface area contributed by atoms with E-state index in [9.17, 15) is 13.2 Å². The van der Waals surface area contributed by atoms with E-state index in [-0.39, 0.29) is 11.5 Å². The Morgan fingerprint density at radius 1 is 1.17 bits per heavy atom. The van der Waals surface area contributed by atoms with Crippen LogP contribution in [0.2, 0.25) is 0 Å². The molecule has 1 saturated heterocycles. The first-order chi connectivity index (χ1) is 8.54. The topological polar surface area (TPSA) is 18.5 Å². The second-order valence-electron chi connectivity index (χ2n) is 4.49. The molecule has 2 rings (SSSR count). The number of rotatable bonds is 2. The molecule has 18 heavy (non-hydrogen) atoms. The molecule has 0 N–H and O–H groups in total. The maximum Gasteiger partial charge on any atom is 0.189 e. The number of halogens is 3. The van der Waals surface area contributed by atoms with E-state index in [0.717, 1.165) is 12.5 Å². The van der Waals surface area contributed by atoms with Crippen LogP contribution in [0.1, 0.15) is 30.8 Å². The zero-order valence-corrected chi connectivity index (χ0v) is 10.3. The van der Waals surface area contributed by atoms with E-state index in [1.165, 1.54) is 6.92 Å². The van der Waals surface area contributed by atoms with Gasteiger partial charge in [-0.25, -0.2) is 13.2 Å². The molecule has 0 spiro atoms. The minimum Gasteiger partial charge on any atom is -0.348 e. The number of ether oxygens (including phenoxy) is 2. The van der Waals surface area contributed by atoms with E-state index in [4.69, 9.17) is 9.47 Å². The number of benzene rings is 1. The van der Waals surface area contributed by atoms with Crippen LogP contribution in [0.25, 0.3) is 0 Å². The molecular weight excluding hydrogens is 245 g/mol. The molecule has 1 aromatic carbocycles. The van der Waals surface area contributed by atoms with E-state index in [1.54, 1.807) is 0 Å². The summed E-state index contributed by atoms with van der Waals surface area (Å²) in [7, 11) is 0. The fourth-order valence-electron chi connectivity index (χ4n) is 1.89. The molecule has 0 aliphatic carbocycles. The van der Waals surface area contributed by atoms with Crippen LogP contribution in [0.3, 0.4) is 0 Å². The van der Waals surface area contributed by atoms with Gasteiger partial charge in [0.15, 0.2) is 17.9 Å². The highest BCUT2D eigenvalue weighted by Gasteiger charge is 2.29. The molecule has 2 nitrogen and oxygen atoms in total. The third kappa shape index (κ3) is 2.37. The predicted molar refractivity (Wildman–Crippen MR) is 59.5 cm³/mol. The third-order valence-corrected chi connectivity index (χ3v) is 3.16. The summed E-state index contributed by atoms with van der Waals surface area (Å²) in [5, 5.41) is 0. The number of aryl methyl sites for hydroxylation is 1. The molecule has 1 fully saturated rings. The molecule has 0 bridgehead atoms. The van der Waals surface area contributed by atoms with Gasteiger partial charge in [-0.1, -0.05) is 6.92 Å². The minimum absolute atomic E-state index is 0.0732. The first-order valence-electron chi connectivity index (χ1n) is 5.91. The van der Waals surface area contributed by atoms with Crippen molar-refractivity contribution < 1.29 is 22.6 Å². The average Bonchev–Trinajstić information content (AvgIpc) is 2.37. The van der Waals surface area contributed by atoms with Crippen LogP contribution in [0, 0.1) is 30.3 Å². The normalized spacial score (nSPS) is 24.3. The van der Waals surface area contributed by atoms with Crippen molar-refractivity contribution >= 4 is 0 Å². The Labute approximate surface area is 104 Å². The van der Waals surface area contributed by atoms with Crippen molar-refractivity contribution in [1.29, 1.82) is 0 Å². The minimum atomic E-state index is -1.23. The lowest BCUT2D eigenvalue weighted by atomic mass is 10.1. The quantitative estimate of drug-likeness (QED) is 0.758. The maximum atomic E-state index is 13.7. The van der Waals surface area contributed by atoms with Crippen molar-refractivity contribution in [2.45, 2.75) is 26.6 Å². The SMILES string of the molecule is CC[C@H]1CO[C@H](c2c(F)cc(C)c(F)c2F)OC1. The van der Waals surface area contributed by atoms with E-state index in [1.807, 2.05) is 6.92 Å². The van der Waals surface area contributed by atoms with Gasteiger partial charge < -0.3 is 9.47 Å². The van der Waals surface area contributed by atoms with Crippen molar-refractivity contribution in [1.82, 2.24) is 0 Å². The van der Waals surface area contributed by atoms with Gasteiger partial charge >= 0.3 is 0 Å². The van der Waals surface area contributed by atoms with Crippen LogP contribution in [-0.4, -0.2) is 13.2 Å². The fraction of sp³-hybridized carbons (Fsp3) is 0.538. The van der Waals surface area contributed by atoms with Crippen LogP contribution in [0.5, 0.6) is 0 Å². The first kappa shape index (κ1) is 13.4. The second kappa shape index (κ2) is 5.28. The predicted octanol–water partition coefficient (Wildman–Crippen LogP) is 3.48. The molecule has 1 aliphatic heterocycles. The molecule has 100 valence electrons. The summed E-state index contributed by atoms with van der Waals surface area (Å²) in [6.07, 6.45) is -0.303. The van der Waals surface area contributed by atoms with Crippen molar-refractivity contribution in [3.8, 4) is 0 Å². The van der Waals surface area contributed by atoms with Gasteiger partial charge in [0, 0.05) is 5.92 Å². The smallest absolute Gasteiger partial charge is 0.189 e. The van der Waals surface area contributed by atoms with E-state index in [2.05, 4.69) is 0 Å². The Morgan fingerprint density at radius 2 is 1.78 bits per heavy atom. The largest absolute Gasteiger partial charge is 0.348 e. The lowest BCUT2D eigenvalue weighted by molar-refractivity contribution is -0.207. The summed E-state index contributed by atoms with van der Waals surface area (Å²) in [6.45, 7) is 4.00. The lowest BCUT2D eigenvalue weighted by Gasteiger charge is -2.29. The number of hydrogen-bond acceptors (Lipinski definition) is 2. The monoisotopic (exact) mass is 260 g/mol. The Morgan fingerprint density at radius 3 is 2.33 bits per heavy atom. The zero-order valence-electron chi connectivity index (χ0n) is 10.3. The summed E-state index contributed by atoms with van der Waals surface area (Å²) < 4.78 is 51.3. The molecular formula is C13H15F3O2. The van der Waals surface area contributed by atoms with Crippen molar-refractivity contribution in [3.05, 3.63) is 34.6 Å². The van der Waals surface area contributed by atoms with Gasteiger partial charge in [-0.3, -0.25) is 0 Å². The third-order valence-electron chi connectivity index (χ3n) is 3.16. The molecule has 0 saturated carbocycles. The molecule has 0 atom stereocenters. The summed E-state index contributed by atoms with van der Waals surface area (Å²) in [6, 6.07) is 0.951. The highest BCUT2D eigenvalue weighted by atomic mass is 19.2. The van der Waals surface area contributed by atoms with Crippen LogP contribution >= 0.6 is 0 Å². The molecule has 0 aromatic heterocycles. The summed E-state index contributed by atoms with van der Waals surface area (Å²) in [5.41, 5.74) is -0.552. The molecule has 5 heteroatoms. The van der Waals surface area contributed by atoms with Crippen LogP contribution in [-0.2, 0) is 9.47 Å². The molecule has 1 aliphatic rings. The van der Waals surface area contributed by atoms with Crippen LogP contribution in [0.15, 0.2) is 6.07 Å². The molecule has 0 amide bonds. The van der Waals surface area contributed by atoms with Gasteiger partial charge in [-0.2, -0.15) is 0 Å². The van der Waals surface area contributed by atoms with Crippen molar-refractivity contribution in [2.24, 2.45) is 5.92 Å². The van der Waals surface area contributed by atoms with Gasteiger partial charge in [0.1, 0.15) is 5.82 Å². The zero-order chi connectivity index (χ0) is 13.3. The van der Waals surface area contributed by atoms with E-state index < -0.39 is 29.3 Å². The van der Waals surface area contributed by atoms with Crippen molar-refractivity contribution in [3.63, 3.8) is 0 Å². The molecule has 1 aromatic rings. The number of hydrogen-bond donors (Lipinski definition) is 0. The lowest BCUT2D eigenvalue weighted by Crippen LogP contribution is -2.28. The molecule has 0 radical (unpaired) electrons. The van der Waals surface area contributed by atoms with Gasteiger partial charge in [-0.15, -0.1) is 0 Å². The van der Waals surface area contributed by atoms with Crippen LogP contribution in [0.4, 0.5) is 13.2 Å². The van der Waals surface area contributed by atoms with Crippen molar-refractivity contribution in [2.75, 3.05) is 13.2 Å². The Hall–Kier alpha value is -1.07. The summed E-state index contributed by atoms with van der Waals surface area (Å²) in [4.78, 5) is 0. The van der Waals surface area contributed by atoms with Crippen LogP contribution < -0.4 is 0 Å². The fourth-order valence-corrected chi connectivity index (χ4v) is 1.89. The molecule has 0 unspecified atom stereocenters. The Kier molecular flexibility index (Phi) is 3.92. The highest BCUT2D eigenvalue weighted by molar-refractivity contribution is 5.28. The standard InChI is InChI=1S/C13H15F3O2/c1-3-8-5-17-13(18-6-8)10-9(14)4-7(2)11(15)12(10)16/h4,8,13H,3,5-6H2,1-2H3/t8-,13-. The van der Waals surface area contributed by atoms with E-state index in [0.29, 0.717) is 13.2 Å². The van der Waals surface area contributed by atoms with Gasteiger partial charge in [-0.05, 0) is 25.0 Å². The average molecular weight is 260 g/mol. The Bertz CT molecular complexity index is 440.